The summed E-state index contributed by atoms with van der Waals surface area (Å²) in [7, 11) is 1.98. The summed E-state index contributed by atoms with van der Waals surface area (Å²) in [5.74, 6) is 0.381. The van der Waals surface area contributed by atoms with Crippen molar-refractivity contribution in [1.82, 2.24) is 5.32 Å². The molecule has 0 saturated heterocycles. The molecule has 94 valence electrons. The van der Waals surface area contributed by atoms with Gasteiger partial charge in [-0.1, -0.05) is 54.9 Å². The molecule has 0 radical (unpaired) electrons. The SMILES string of the molecule is CNCc1ccccc1C(C)c1ccc(Cl)cc1. The van der Waals surface area contributed by atoms with E-state index in [1.807, 2.05) is 19.2 Å². The van der Waals surface area contributed by atoms with Crippen molar-refractivity contribution >= 4 is 11.6 Å². The molecule has 1 N–H and O–H groups in total. The number of hydrogen-bond acceptors (Lipinski definition) is 1. The van der Waals surface area contributed by atoms with E-state index in [4.69, 9.17) is 11.6 Å². The van der Waals surface area contributed by atoms with Crippen molar-refractivity contribution in [1.29, 1.82) is 0 Å². The van der Waals surface area contributed by atoms with Crippen LogP contribution in [0.15, 0.2) is 48.5 Å². The molecule has 0 spiro atoms. The van der Waals surface area contributed by atoms with Gasteiger partial charge in [-0.25, -0.2) is 0 Å². The van der Waals surface area contributed by atoms with Crippen LogP contribution in [0.4, 0.5) is 0 Å². The van der Waals surface area contributed by atoms with Gasteiger partial charge in [0.15, 0.2) is 0 Å². The fourth-order valence-electron chi connectivity index (χ4n) is 2.24. The molecule has 0 fully saturated rings. The number of nitrogens with one attached hydrogen (secondary N) is 1. The van der Waals surface area contributed by atoms with E-state index in [1.54, 1.807) is 0 Å². The molecule has 2 rings (SSSR count). The molecule has 2 aromatic rings. The van der Waals surface area contributed by atoms with Crippen LogP contribution in [0.3, 0.4) is 0 Å². The van der Waals surface area contributed by atoms with Crippen molar-refractivity contribution in [3.05, 3.63) is 70.2 Å². The Morgan fingerprint density at radius 2 is 1.72 bits per heavy atom. The van der Waals surface area contributed by atoms with Crippen molar-refractivity contribution in [3.8, 4) is 0 Å². The number of benzene rings is 2. The maximum absolute atomic E-state index is 5.93. The molecule has 1 unspecified atom stereocenters. The zero-order valence-corrected chi connectivity index (χ0v) is 11.5. The Morgan fingerprint density at radius 3 is 2.39 bits per heavy atom. The third-order valence-corrected chi connectivity index (χ3v) is 3.51. The van der Waals surface area contributed by atoms with E-state index >= 15 is 0 Å². The first-order valence-electron chi connectivity index (χ1n) is 6.20. The largest absolute Gasteiger partial charge is 0.316 e. The van der Waals surface area contributed by atoms with Gasteiger partial charge < -0.3 is 5.32 Å². The van der Waals surface area contributed by atoms with Crippen molar-refractivity contribution in [3.63, 3.8) is 0 Å². The second kappa shape index (κ2) is 6.03. The van der Waals surface area contributed by atoms with Crippen molar-refractivity contribution < 1.29 is 0 Å². The van der Waals surface area contributed by atoms with Gasteiger partial charge in [-0.3, -0.25) is 0 Å². The highest BCUT2D eigenvalue weighted by Crippen LogP contribution is 2.27. The molecule has 0 saturated carbocycles. The zero-order valence-electron chi connectivity index (χ0n) is 10.8. The van der Waals surface area contributed by atoms with Gasteiger partial charge in [0, 0.05) is 17.5 Å². The summed E-state index contributed by atoms with van der Waals surface area (Å²) >= 11 is 5.93. The molecule has 1 atom stereocenters. The van der Waals surface area contributed by atoms with Gasteiger partial charge in [0.2, 0.25) is 0 Å². The minimum atomic E-state index is 0.381. The smallest absolute Gasteiger partial charge is 0.0406 e. The molecule has 1 nitrogen and oxygen atoms in total. The fourth-order valence-corrected chi connectivity index (χ4v) is 2.37. The normalized spacial score (nSPS) is 12.4. The standard InChI is InChI=1S/C16H18ClN/c1-12(13-7-9-15(17)10-8-13)16-6-4-3-5-14(16)11-18-2/h3-10,12,18H,11H2,1-2H3. The lowest BCUT2D eigenvalue weighted by molar-refractivity contribution is 0.789. The molecule has 0 heterocycles. The lowest BCUT2D eigenvalue weighted by Gasteiger charge is -2.17. The second-order valence-electron chi connectivity index (χ2n) is 4.50. The van der Waals surface area contributed by atoms with E-state index < -0.39 is 0 Å². The van der Waals surface area contributed by atoms with Crippen LogP contribution in [-0.2, 0) is 6.54 Å². The molecule has 0 bridgehead atoms. The Bertz CT molecular complexity index is 505. The quantitative estimate of drug-likeness (QED) is 0.867. The van der Waals surface area contributed by atoms with Crippen molar-refractivity contribution in [2.24, 2.45) is 0 Å². The molecule has 0 amide bonds. The van der Waals surface area contributed by atoms with Gasteiger partial charge in [-0.2, -0.15) is 0 Å². The Balaban J connectivity index is 2.33. The number of rotatable bonds is 4. The lowest BCUT2D eigenvalue weighted by atomic mass is 9.90. The monoisotopic (exact) mass is 259 g/mol. The van der Waals surface area contributed by atoms with Crippen LogP contribution in [0.2, 0.25) is 5.02 Å². The summed E-state index contributed by atoms with van der Waals surface area (Å²) in [5.41, 5.74) is 4.01. The van der Waals surface area contributed by atoms with Crippen molar-refractivity contribution in [2.45, 2.75) is 19.4 Å². The summed E-state index contributed by atoms with van der Waals surface area (Å²) in [4.78, 5) is 0. The van der Waals surface area contributed by atoms with Crippen LogP contribution in [-0.4, -0.2) is 7.05 Å². The minimum Gasteiger partial charge on any atom is -0.316 e. The predicted octanol–water partition coefficient (Wildman–Crippen LogP) is 4.21. The summed E-state index contributed by atoms with van der Waals surface area (Å²) in [6.07, 6.45) is 0. The first-order chi connectivity index (χ1) is 8.72. The highest BCUT2D eigenvalue weighted by Gasteiger charge is 2.11. The molecular weight excluding hydrogens is 242 g/mol. The lowest BCUT2D eigenvalue weighted by Crippen LogP contribution is -2.09. The zero-order chi connectivity index (χ0) is 13.0. The molecule has 2 heteroatoms. The van der Waals surface area contributed by atoms with Crippen LogP contribution in [0.1, 0.15) is 29.5 Å². The van der Waals surface area contributed by atoms with Gasteiger partial charge in [0.25, 0.3) is 0 Å². The average Bonchev–Trinajstić information content (AvgIpc) is 2.40. The number of halogens is 1. The van der Waals surface area contributed by atoms with Gasteiger partial charge >= 0.3 is 0 Å². The summed E-state index contributed by atoms with van der Waals surface area (Å²) in [5, 5.41) is 4.01. The predicted molar refractivity (Wildman–Crippen MR) is 78.2 cm³/mol. The third-order valence-electron chi connectivity index (χ3n) is 3.26. The van der Waals surface area contributed by atoms with Crippen LogP contribution in [0.25, 0.3) is 0 Å². The summed E-state index contributed by atoms with van der Waals surface area (Å²) < 4.78 is 0. The molecule has 2 aromatic carbocycles. The highest BCUT2D eigenvalue weighted by molar-refractivity contribution is 6.30. The maximum Gasteiger partial charge on any atom is 0.0406 e. The van der Waals surface area contributed by atoms with Crippen LogP contribution >= 0.6 is 11.6 Å². The first kappa shape index (κ1) is 13.1. The van der Waals surface area contributed by atoms with E-state index in [0.717, 1.165) is 11.6 Å². The summed E-state index contributed by atoms with van der Waals surface area (Å²) in [6, 6.07) is 16.7. The average molecular weight is 260 g/mol. The van der Waals surface area contributed by atoms with Crippen LogP contribution in [0.5, 0.6) is 0 Å². The van der Waals surface area contributed by atoms with E-state index in [2.05, 4.69) is 48.6 Å². The van der Waals surface area contributed by atoms with E-state index in [0.29, 0.717) is 5.92 Å². The Labute approximate surface area is 114 Å². The van der Waals surface area contributed by atoms with Crippen LogP contribution in [0, 0.1) is 0 Å². The van der Waals surface area contributed by atoms with E-state index in [1.165, 1.54) is 16.7 Å². The minimum absolute atomic E-state index is 0.381. The topological polar surface area (TPSA) is 12.0 Å². The van der Waals surface area contributed by atoms with Gasteiger partial charge in [0.1, 0.15) is 0 Å². The molecular formula is C16H18ClN. The second-order valence-corrected chi connectivity index (χ2v) is 4.94. The first-order valence-corrected chi connectivity index (χ1v) is 6.58. The highest BCUT2D eigenvalue weighted by atomic mass is 35.5. The van der Waals surface area contributed by atoms with E-state index in [-0.39, 0.29) is 0 Å². The Hall–Kier alpha value is -1.31. The fraction of sp³-hybridized carbons (Fsp3) is 0.250. The van der Waals surface area contributed by atoms with Crippen molar-refractivity contribution in [2.75, 3.05) is 7.05 Å². The van der Waals surface area contributed by atoms with Crippen LogP contribution < -0.4 is 5.32 Å². The molecule has 0 aromatic heterocycles. The third kappa shape index (κ3) is 2.92. The molecule has 0 aliphatic carbocycles. The maximum atomic E-state index is 5.93. The molecule has 18 heavy (non-hydrogen) atoms. The van der Waals surface area contributed by atoms with Gasteiger partial charge in [0.05, 0.1) is 0 Å². The molecule has 0 aliphatic heterocycles. The van der Waals surface area contributed by atoms with Gasteiger partial charge in [-0.05, 0) is 35.9 Å². The molecule has 0 aliphatic rings. The number of hydrogen-bond donors (Lipinski definition) is 1. The Morgan fingerprint density at radius 1 is 1.06 bits per heavy atom. The van der Waals surface area contributed by atoms with Gasteiger partial charge in [-0.15, -0.1) is 0 Å². The van der Waals surface area contributed by atoms with E-state index in [9.17, 15) is 0 Å². The Kier molecular flexibility index (Phi) is 4.40. The summed E-state index contributed by atoms with van der Waals surface area (Å²) in [6.45, 7) is 3.13.